The zero-order valence-corrected chi connectivity index (χ0v) is 19.5. The number of fused-ring (bicyclic) bond motifs is 2. The molecule has 0 saturated carbocycles. The van der Waals surface area contributed by atoms with Crippen LogP contribution in [-0.2, 0) is 22.3 Å². The topological polar surface area (TPSA) is 36.9 Å². The Hall–Kier alpha value is -2.25. The molecule has 1 fully saturated rings. The molecule has 4 nitrogen and oxygen atoms in total. The number of benzene rings is 2. The zero-order valence-electron chi connectivity index (χ0n) is 19.5. The molecule has 2 aromatic rings. The molecule has 0 aromatic heterocycles. The van der Waals surface area contributed by atoms with E-state index < -0.39 is 17.9 Å². The van der Waals surface area contributed by atoms with E-state index in [0.717, 1.165) is 30.2 Å². The summed E-state index contributed by atoms with van der Waals surface area (Å²) in [4.78, 5) is 0. The molecule has 2 aromatic carbocycles. The maximum absolute atomic E-state index is 15.0. The second kappa shape index (κ2) is 10.2. The molecule has 0 aliphatic carbocycles. The Balaban J connectivity index is 1.20. The smallest absolute Gasteiger partial charge is 0.168 e. The van der Waals surface area contributed by atoms with Gasteiger partial charge in [0.05, 0.1) is 26.4 Å². The van der Waals surface area contributed by atoms with Gasteiger partial charge in [0.2, 0.25) is 0 Å². The molecule has 0 radical (unpaired) electrons. The first kappa shape index (κ1) is 23.5. The third-order valence-corrected chi connectivity index (χ3v) is 7.14. The van der Waals surface area contributed by atoms with Crippen molar-refractivity contribution >= 4 is 0 Å². The van der Waals surface area contributed by atoms with Crippen LogP contribution in [0.25, 0.3) is 0 Å². The summed E-state index contributed by atoms with van der Waals surface area (Å²) in [6.07, 6.45) is 5.35. The Morgan fingerprint density at radius 1 is 0.824 bits per heavy atom. The van der Waals surface area contributed by atoms with Crippen LogP contribution in [0.3, 0.4) is 0 Å². The van der Waals surface area contributed by atoms with E-state index in [2.05, 4.69) is 6.92 Å². The lowest BCUT2D eigenvalue weighted by molar-refractivity contribution is -0.218. The van der Waals surface area contributed by atoms with Crippen molar-refractivity contribution in [2.75, 3.05) is 26.4 Å². The first-order valence-corrected chi connectivity index (χ1v) is 12.3. The molecule has 1 saturated heterocycles. The molecule has 5 rings (SSSR count). The number of ether oxygens (including phenoxy) is 4. The van der Waals surface area contributed by atoms with Crippen molar-refractivity contribution in [3.05, 3.63) is 58.4 Å². The van der Waals surface area contributed by atoms with Crippen LogP contribution in [0, 0.1) is 29.3 Å². The number of unbranched alkanes of at least 4 members (excludes halogenated alkanes) is 2. The van der Waals surface area contributed by atoms with E-state index in [0.29, 0.717) is 43.3 Å². The van der Waals surface area contributed by atoms with Gasteiger partial charge in [0.15, 0.2) is 17.9 Å². The van der Waals surface area contributed by atoms with E-state index >= 15 is 4.39 Å². The van der Waals surface area contributed by atoms with Gasteiger partial charge in [-0.05, 0) is 54.5 Å². The molecule has 2 atom stereocenters. The maximum atomic E-state index is 15.0. The van der Waals surface area contributed by atoms with Gasteiger partial charge in [0.25, 0.3) is 0 Å². The average molecular weight is 477 g/mol. The van der Waals surface area contributed by atoms with Crippen molar-refractivity contribution in [3.63, 3.8) is 0 Å². The number of hydrogen-bond donors (Lipinski definition) is 0. The third kappa shape index (κ3) is 4.91. The van der Waals surface area contributed by atoms with Gasteiger partial charge in [-0.15, -0.1) is 0 Å². The molecular formula is C27H31F3O4. The summed E-state index contributed by atoms with van der Waals surface area (Å²) in [5.41, 5.74) is 1.94. The van der Waals surface area contributed by atoms with Gasteiger partial charge in [0, 0.05) is 23.5 Å². The van der Waals surface area contributed by atoms with Gasteiger partial charge in [0.1, 0.15) is 17.4 Å². The summed E-state index contributed by atoms with van der Waals surface area (Å²) < 4.78 is 65.9. The molecule has 3 aliphatic heterocycles. The van der Waals surface area contributed by atoms with Crippen molar-refractivity contribution in [3.8, 4) is 11.5 Å². The molecule has 0 amide bonds. The van der Waals surface area contributed by atoms with Crippen LogP contribution in [0.2, 0.25) is 0 Å². The van der Waals surface area contributed by atoms with Crippen LogP contribution in [0.1, 0.15) is 55.2 Å². The summed E-state index contributed by atoms with van der Waals surface area (Å²) >= 11 is 0. The third-order valence-electron chi connectivity index (χ3n) is 7.14. The zero-order chi connectivity index (χ0) is 23.7. The first-order valence-electron chi connectivity index (χ1n) is 12.3. The Labute approximate surface area is 198 Å². The highest BCUT2D eigenvalue weighted by Crippen LogP contribution is 2.38. The second-order valence-electron chi connectivity index (χ2n) is 9.74. The predicted octanol–water partition coefficient (Wildman–Crippen LogP) is 5.94. The summed E-state index contributed by atoms with van der Waals surface area (Å²) in [5.74, 6) is -0.749. The average Bonchev–Trinajstić information content (AvgIpc) is 2.83. The minimum Gasteiger partial charge on any atom is -0.493 e. The first-order chi connectivity index (χ1) is 16.5. The summed E-state index contributed by atoms with van der Waals surface area (Å²) in [6, 6.07) is 5.52. The van der Waals surface area contributed by atoms with E-state index in [9.17, 15) is 8.78 Å². The van der Waals surface area contributed by atoms with Crippen LogP contribution in [0.4, 0.5) is 13.2 Å². The van der Waals surface area contributed by atoms with Crippen molar-refractivity contribution in [1.29, 1.82) is 0 Å². The molecule has 34 heavy (non-hydrogen) atoms. The van der Waals surface area contributed by atoms with E-state index in [1.54, 1.807) is 12.1 Å². The van der Waals surface area contributed by atoms with Crippen LogP contribution in [0.15, 0.2) is 24.3 Å². The van der Waals surface area contributed by atoms with Crippen LogP contribution < -0.4 is 9.47 Å². The molecule has 0 spiro atoms. The van der Waals surface area contributed by atoms with Gasteiger partial charge in [-0.1, -0.05) is 26.2 Å². The van der Waals surface area contributed by atoms with Crippen molar-refractivity contribution in [1.82, 2.24) is 0 Å². The highest BCUT2D eigenvalue weighted by atomic mass is 19.1. The van der Waals surface area contributed by atoms with Crippen LogP contribution in [0.5, 0.6) is 11.5 Å². The lowest BCUT2D eigenvalue weighted by Crippen LogP contribution is -2.41. The Kier molecular flexibility index (Phi) is 7.02. The second-order valence-corrected chi connectivity index (χ2v) is 9.74. The Bertz CT molecular complexity index is 1020. The van der Waals surface area contributed by atoms with Crippen LogP contribution >= 0.6 is 0 Å². The van der Waals surface area contributed by atoms with Gasteiger partial charge in [-0.25, -0.2) is 13.2 Å². The summed E-state index contributed by atoms with van der Waals surface area (Å²) in [6.45, 7) is 3.66. The number of hydrogen-bond acceptors (Lipinski definition) is 4. The fourth-order valence-electron chi connectivity index (χ4n) is 5.27. The molecule has 184 valence electrons. The molecule has 7 heteroatoms. The summed E-state index contributed by atoms with van der Waals surface area (Å²) in [5, 5.41) is 0. The van der Waals surface area contributed by atoms with Crippen molar-refractivity contribution in [2.45, 2.75) is 57.7 Å². The fourth-order valence-corrected chi connectivity index (χ4v) is 5.27. The number of rotatable bonds is 6. The van der Waals surface area contributed by atoms with Gasteiger partial charge in [-0.3, -0.25) is 0 Å². The van der Waals surface area contributed by atoms with Gasteiger partial charge < -0.3 is 18.9 Å². The lowest BCUT2D eigenvalue weighted by Gasteiger charge is -2.36. The molecule has 3 aliphatic rings. The Morgan fingerprint density at radius 3 is 2.44 bits per heavy atom. The predicted molar refractivity (Wildman–Crippen MR) is 121 cm³/mol. The standard InChI is InChI=1S/C27H31F3O4/c1-2-3-4-5-16-6-17-9-23(29)22(11-25(17)31-12-16)20-14-33-27(34-15-20)19-7-18-8-21(28)10-24(30)26(18)32-13-19/h8-11,16,19-20,27H,2-7,12-15H2,1H3. The monoisotopic (exact) mass is 476 g/mol. The Morgan fingerprint density at radius 2 is 1.65 bits per heavy atom. The number of halogens is 3. The largest absolute Gasteiger partial charge is 0.493 e. The molecule has 0 N–H and O–H groups in total. The molecule has 2 unspecified atom stereocenters. The van der Waals surface area contributed by atoms with Gasteiger partial charge >= 0.3 is 0 Å². The van der Waals surface area contributed by atoms with Crippen molar-refractivity contribution in [2.24, 2.45) is 11.8 Å². The van der Waals surface area contributed by atoms with E-state index in [-0.39, 0.29) is 30.0 Å². The normalized spacial score (nSPS) is 26.2. The summed E-state index contributed by atoms with van der Waals surface area (Å²) in [7, 11) is 0. The molecule has 0 bridgehead atoms. The SMILES string of the molecule is CCCCCC1COc2cc(C3COC(C4COc5c(F)cc(F)cc5C4)OC3)c(F)cc2C1. The quantitative estimate of drug-likeness (QED) is 0.484. The van der Waals surface area contributed by atoms with E-state index in [4.69, 9.17) is 18.9 Å². The van der Waals surface area contributed by atoms with Gasteiger partial charge in [-0.2, -0.15) is 0 Å². The molecule has 3 heterocycles. The van der Waals surface area contributed by atoms with Crippen molar-refractivity contribution < 1.29 is 32.1 Å². The van der Waals surface area contributed by atoms with E-state index in [1.807, 2.05) is 0 Å². The van der Waals surface area contributed by atoms with Crippen LogP contribution in [-0.4, -0.2) is 32.7 Å². The minimum atomic E-state index is -0.698. The maximum Gasteiger partial charge on any atom is 0.168 e. The highest BCUT2D eigenvalue weighted by Gasteiger charge is 2.35. The fraction of sp³-hybridized carbons (Fsp3) is 0.556. The minimum absolute atomic E-state index is 0.0927. The lowest BCUT2D eigenvalue weighted by atomic mass is 9.89. The highest BCUT2D eigenvalue weighted by molar-refractivity contribution is 5.42. The van der Waals surface area contributed by atoms with E-state index in [1.165, 1.54) is 25.3 Å². The molecular weight excluding hydrogens is 445 g/mol.